The van der Waals surface area contributed by atoms with Crippen LogP contribution in [0.1, 0.15) is 12.8 Å². The number of likely N-dealkylation sites (tertiary alicyclic amines) is 1. The molecule has 1 aliphatic heterocycles. The summed E-state index contributed by atoms with van der Waals surface area (Å²) in [6.07, 6.45) is 1.56. The molecule has 0 aromatic rings. The number of carbonyl (C=O) groups excluding carboxylic acids is 2. The smallest absolute Gasteiger partial charge is 0.251 e. The number of nitrogens with zero attached hydrogens (tertiary/aromatic N) is 1. The zero-order valence-corrected chi connectivity index (χ0v) is 11.2. The van der Waals surface area contributed by atoms with E-state index >= 15 is 0 Å². The van der Waals surface area contributed by atoms with Gasteiger partial charge in [-0.05, 0) is 12.8 Å². The summed E-state index contributed by atoms with van der Waals surface area (Å²) < 4.78 is 2.53. The molecule has 1 fully saturated rings. The van der Waals surface area contributed by atoms with Gasteiger partial charge in [-0.3, -0.25) is 13.1 Å². The van der Waals surface area contributed by atoms with Crippen molar-refractivity contribution >= 4 is 47.3 Å². The molecule has 0 spiro atoms. The lowest BCUT2D eigenvalue weighted by Crippen LogP contribution is -2.50. The Labute approximate surface area is 108 Å². The third kappa shape index (κ3) is 2.97. The Balaban J connectivity index is 2.68. The van der Waals surface area contributed by atoms with Gasteiger partial charge in [0.15, 0.2) is 0 Å². The van der Waals surface area contributed by atoms with Crippen LogP contribution in [-0.4, -0.2) is 41.1 Å². The SMILES string of the molecule is N[C@@H](CS)C(=O)N1CCC[C@H]1C(=O)NI. The Morgan fingerprint density at radius 2 is 2.33 bits per heavy atom. The first-order valence-electron chi connectivity index (χ1n) is 4.69. The second-order valence-electron chi connectivity index (χ2n) is 3.44. The molecule has 0 aliphatic carbocycles. The predicted octanol–water partition coefficient (Wildman–Crippen LogP) is -0.299. The number of nitrogens with two attached hydrogens (primary N) is 1. The lowest BCUT2D eigenvalue weighted by molar-refractivity contribution is -0.138. The van der Waals surface area contributed by atoms with Crippen molar-refractivity contribution in [3.63, 3.8) is 0 Å². The van der Waals surface area contributed by atoms with Gasteiger partial charge in [0.2, 0.25) is 5.91 Å². The lowest BCUT2D eigenvalue weighted by Gasteiger charge is -2.25. The molecule has 0 aromatic carbocycles. The van der Waals surface area contributed by atoms with E-state index in [2.05, 4.69) is 16.2 Å². The van der Waals surface area contributed by atoms with Gasteiger partial charge in [0, 0.05) is 12.3 Å². The Morgan fingerprint density at radius 3 is 2.87 bits per heavy atom. The van der Waals surface area contributed by atoms with Crippen LogP contribution in [0.3, 0.4) is 0 Å². The summed E-state index contributed by atoms with van der Waals surface area (Å²) in [6.45, 7) is 0.606. The van der Waals surface area contributed by atoms with Gasteiger partial charge >= 0.3 is 0 Å². The van der Waals surface area contributed by atoms with Crippen molar-refractivity contribution in [3.05, 3.63) is 0 Å². The second-order valence-corrected chi connectivity index (χ2v) is 4.34. The Morgan fingerprint density at radius 1 is 1.67 bits per heavy atom. The van der Waals surface area contributed by atoms with Crippen molar-refractivity contribution in [1.29, 1.82) is 0 Å². The fraction of sp³-hybridized carbons (Fsp3) is 0.750. The number of carbonyl (C=O) groups is 2. The second kappa shape index (κ2) is 5.90. The number of halogens is 1. The average molecular weight is 343 g/mol. The number of hydrogen-bond donors (Lipinski definition) is 3. The largest absolute Gasteiger partial charge is 0.329 e. The summed E-state index contributed by atoms with van der Waals surface area (Å²) in [5, 5.41) is 0. The number of hydrogen-bond acceptors (Lipinski definition) is 4. The highest BCUT2D eigenvalue weighted by Gasteiger charge is 2.35. The average Bonchev–Trinajstić information content (AvgIpc) is 2.74. The van der Waals surface area contributed by atoms with E-state index in [9.17, 15) is 9.59 Å². The van der Waals surface area contributed by atoms with E-state index in [0.717, 1.165) is 6.42 Å². The molecule has 7 heteroatoms. The molecule has 1 heterocycles. The maximum Gasteiger partial charge on any atom is 0.251 e. The van der Waals surface area contributed by atoms with E-state index in [1.54, 1.807) is 27.8 Å². The van der Waals surface area contributed by atoms with E-state index in [1.807, 2.05) is 0 Å². The summed E-state index contributed by atoms with van der Waals surface area (Å²) in [6, 6.07) is -0.976. The quantitative estimate of drug-likeness (QED) is 0.374. The summed E-state index contributed by atoms with van der Waals surface area (Å²) in [5.41, 5.74) is 5.60. The minimum absolute atomic E-state index is 0.132. The van der Waals surface area contributed by atoms with Gasteiger partial charge in [0.25, 0.3) is 5.91 Å². The standard InChI is InChI=1S/C8H14IN3O2S/c9-11-7(13)6-2-1-3-12(6)8(14)5(10)4-15/h5-6,15H,1-4,10H2,(H,11,13)/t5-,6-/m0/s1. The van der Waals surface area contributed by atoms with E-state index in [1.165, 1.54) is 0 Å². The van der Waals surface area contributed by atoms with E-state index in [0.29, 0.717) is 18.7 Å². The highest BCUT2D eigenvalue weighted by Crippen LogP contribution is 2.18. The van der Waals surface area contributed by atoms with Crippen molar-refractivity contribution < 1.29 is 9.59 Å². The number of amides is 2. The van der Waals surface area contributed by atoms with Crippen molar-refractivity contribution in [2.24, 2.45) is 5.73 Å². The normalized spacial score (nSPS) is 22.6. The van der Waals surface area contributed by atoms with Crippen LogP contribution >= 0.6 is 35.5 Å². The third-order valence-electron chi connectivity index (χ3n) is 2.45. The van der Waals surface area contributed by atoms with Crippen LogP contribution in [0, 0.1) is 0 Å². The summed E-state index contributed by atoms with van der Waals surface area (Å²) in [7, 11) is 0. The van der Waals surface area contributed by atoms with Gasteiger partial charge in [-0.1, -0.05) is 0 Å². The summed E-state index contributed by atoms with van der Waals surface area (Å²) in [4.78, 5) is 24.8. The van der Waals surface area contributed by atoms with Crippen molar-refractivity contribution in [2.45, 2.75) is 24.9 Å². The van der Waals surface area contributed by atoms with Crippen LogP contribution in [-0.2, 0) is 9.59 Å². The topological polar surface area (TPSA) is 75.4 Å². The van der Waals surface area contributed by atoms with Gasteiger partial charge in [0.1, 0.15) is 6.04 Å². The molecule has 1 rings (SSSR count). The monoisotopic (exact) mass is 343 g/mol. The first-order chi connectivity index (χ1) is 7.11. The molecule has 0 radical (unpaired) electrons. The fourth-order valence-corrected chi connectivity index (χ4v) is 2.17. The highest BCUT2D eigenvalue weighted by molar-refractivity contribution is 14.1. The van der Waals surface area contributed by atoms with Crippen molar-refractivity contribution in [3.8, 4) is 0 Å². The molecule has 1 saturated heterocycles. The van der Waals surface area contributed by atoms with Crippen LogP contribution in [0.5, 0.6) is 0 Å². The zero-order valence-electron chi connectivity index (χ0n) is 8.15. The maximum absolute atomic E-state index is 11.8. The van der Waals surface area contributed by atoms with Crippen molar-refractivity contribution in [1.82, 2.24) is 8.43 Å². The van der Waals surface area contributed by atoms with E-state index in [-0.39, 0.29) is 17.9 Å². The number of rotatable bonds is 3. The molecule has 0 aromatic heterocycles. The minimum Gasteiger partial charge on any atom is -0.329 e. The fourth-order valence-electron chi connectivity index (χ4n) is 1.66. The summed E-state index contributed by atoms with van der Waals surface area (Å²) >= 11 is 5.76. The van der Waals surface area contributed by atoms with Crippen LogP contribution in [0.4, 0.5) is 0 Å². The molecule has 1 aliphatic rings. The van der Waals surface area contributed by atoms with Crippen LogP contribution in [0.25, 0.3) is 0 Å². The first-order valence-corrected chi connectivity index (χ1v) is 6.40. The molecule has 15 heavy (non-hydrogen) atoms. The van der Waals surface area contributed by atoms with Crippen LogP contribution in [0.2, 0.25) is 0 Å². The molecule has 2 amide bonds. The molecular weight excluding hydrogens is 329 g/mol. The summed E-state index contributed by atoms with van der Waals surface area (Å²) in [5.74, 6) is -0.0196. The molecule has 5 nitrogen and oxygen atoms in total. The molecule has 3 N–H and O–H groups in total. The number of thiol groups is 1. The third-order valence-corrected chi connectivity index (χ3v) is 3.37. The molecule has 0 saturated carbocycles. The zero-order chi connectivity index (χ0) is 11.4. The van der Waals surface area contributed by atoms with E-state index < -0.39 is 6.04 Å². The van der Waals surface area contributed by atoms with Gasteiger partial charge in [0.05, 0.1) is 28.9 Å². The number of nitrogens with one attached hydrogen (secondary N) is 1. The first kappa shape index (κ1) is 13.0. The Bertz CT molecular complexity index is 264. The van der Waals surface area contributed by atoms with E-state index in [4.69, 9.17) is 5.73 Å². The predicted molar refractivity (Wildman–Crippen MR) is 68.7 cm³/mol. The molecular formula is C8H14IN3O2S. The van der Waals surface area contributed by atoms with Crippen molar-refractivity contribution in [2.75, 3.05) is 12.3 Å². The van der Waals surface area contributed by atoms with Crippen LogP contribution < -0.4 is 9.26 Å². The minimum atomic E-state index is -0.615. The Kier molecular flexibility index (Phi) is 5.13. The maximum atomic E-state index is 11.8. The van der Waals surface area contributed by atoms with Gasteiger partial charge in [-0.15, -0.1) is 0 Å². The lowest BCUT2D eigenvalue weighted by atomic mass is 10.2. The molecule has 0 unspecified atom stereocenters. The van der Waals surface area contributed by atoms with Crippen LogP contribution in [0.15, 0.2) is 0 Å². The Hall–Kier alpha value is -0.0200. The van der Waals surface area contributed by atoms with Gasteiger partial charge in [-0.25, -0.2) is 0 Å². The molecule has 0 bridgehead atoms. The van der Waals surface area contributed by atoms with Gasteiger partial charge in [-0.2, -0.15) is 12.6 Å². The molecule has 86 valence electrons. The molecule has 2 atom stereocenters. The van der Waals surface area contributed by atoms with Gasteiger partial charge < -0.3 is 10.6 Å². The highest BCUT2D eigenvalue weighted by atomic mass is 127.